The Balaban J connectivity index is 1.86. The van der Waals surface area contributed by atoms with E-state index in [4.69, 9.17) is 0 Å². The molecule has 3 atom stereocenters. The molecule has 1 fully saturated rings. The van der Waals surface area contributed by atoms with Gasteiger partial charge in [-0.1, -0.05) is 20.8 Å². The Kier molecular flexibility index (Phi) is 5.62. The van der Waals surface area contributed by atoms with Crippen LogP contribution in [0.4, 0.5) is 5.69 Å². The molecule has 0 bridgehead atoms. The first-order valence-electron chi connectivity index (χ1n) is 9.42. The average molecular weight is 366 g/mol. The zero-order valence-corrected chi connectivity index (χ0v) is 16.0. The van der Waals surface area contributed by atoms with Crippen LogP contribution in [0.1, 0.15) is 32.8 Å². The van der Waals surface area contributed by atoms with Crippen LogP contribution in [0.3, 0.4) is 0 Å². The standard InChI is InChI=1S/C21H26N4O2/c1-13(2)20(26)21(27)24-16-9-14(3)11-25(12-16)18-7-6-15(10-22)19-17(18)5-4-8-23-19/h4-8,13-14,16,20,26H,9,11-12H2,1-3H3,(H,24,27)/t14-,16+,20-/m0/s1. The topological polar surface area (TPSA) is 89.2 Å². The van der Waals surface area contributed by atoms with Gasteiger partial charge in [0.1, 0.15) is 12.2 Å². The highest BCUT2D eigenvalue weighted by Crippen LogP contribution is 2.31. The molecule has 1 saturated heterocycles. The van der Waals surface area contributed by atoms with E-state index in [0.29, 0.717) is 23.5 Å². The van der Waals surface area contributed by atoms with Crippen molar-refractivity contribution in [2.24, 2.45) is 11.8 Å². The molecular weight excluding hydrogens is 340 g/mol. The van der Waals surface area contributed by atoms with Gasteiger partial charge >= 0.3 is 0 Å². The van der Waals surface area contributed by atoms with Crippen molar-refractivity contribution in [1.29, 1.82) is 5.26 Å². The number of benzene rings is 1. The van der Waals surface area contributed by atoms with Crippen molar-refractivity contribution in [2.75, 3.05) is 18.0 Å². The molecule has 2 heterocycles. The van der Waals surface area contributed by atoms with Crippen LogP contribution in [0.2, 0.25) is 0 Å². The monoisotopic (exact) mass is 366 g/mol. The number of carbonyl (C=O) groups is 1. The van der Waals surface area contributed by atoms with Crippen molar-refractivity contribution in [1.82, 2.24) is 10.3 Å². The Morgan fingerprint density at radius 2 is 2.15 bits per heavy atom. The molecular formula is C21H26N4O2. The van der Waals surface area contributed by atoms with Crippen molar-refractivity contribution in [3.8, 4) is 6.07 Å². The number of nitriles is 1. The fourth-order valence-electron chi connectivity index (χ4n) is 3.77. The lowest BCUT2D eigenvalue weighted by Gasteiger charge is -2.39. The Morgan fingerprint density at radius 1 is 1.37 bits per heavy atom. The van der Waals surface area contributed by atoms with Gasteiger partial charge in [0.05, 0.1) is 11.1 Å². The maximum atomic E-state index is 12.3. The summed E-state index contributed by atoms with van der Waals surface area (Å²) in [6.45, 7) is 7.35. The summed E-state index contributed by atoms with van der Waals surface area (Å²) in [4.78, 5) is 18.9. The van der Waals surface area contributed by atoms with Crippen LogP contribution in [0.5, 0.6) is 0 Å². The van der Waals surface area contributed by atoms with Gasteiger partial charge < -0.3 is 15.3 Å². The molecule has 0 spiro atoms. The second kappa shape index (κ2) is 7.93. The number of anilines is 1. The van der Waals surface area contributed by atoms with Crippen LogP contribution >= 0.6 is 0 Å². The van der Waals surface area contributed by atoms with E-state index in [9.17, 15) is 15.2 Å². The molecule has 0 saturated carbocycles. The lowest BCUT2D eigenvalue weighted by Crippen LogP contribution is -2.53. The van der Waals surface area contributed by atoms with Gasteiger partial charge in [-0.2, -0.15) is 5.26 Å². The number of fused-ring (bicyclic) bond motifs is 1. The van der Waals surface area contributed by atoms with Gasteiger partial charge in [0.25, 0.3) is 0 Å². The molecule has 1 amide bonds. The maximum absolute atomic E-state index is 12.3. The first-order valence-corrected chi connectivity index (χ1v) is 9.42. The van der Waals surface area contributed by atoms with Crippen LogP contribution in [0.15, 0.2) is 30.5 Å². The fraction of sp³-hybridized carbons (Fsp3) is 0.476. The van der Waals surface area contributed by atoms with Crippen molar-refractivity contribution >= 4 is 22.5 Å². The minimum Gasteiger partial charge on any atom is -0.383 e. The number of aliphatic hydroxyl groups excluding tert-OH is 1. The molecule has 2 aromatic rings. The Bertz CT molecular complexity index is 874. The van der Waals surface area contributed by atoms with Gasteiger partial charge in [-0.05, 0) is 42.5 Å². The van der Waals surface area contributed by atoms with Crippen molar-refractivity contribution < 1.29 is 9.90 Å². The summed E-state index contributed by atoms with van der Waals surface area (Å²) in [7, 11) is 0. The predicted molar refractivity (Wildman–Crippen MR) is 105 cm³/mol. The quantitative estimate of drug-likeness (QED) is 0.868. The van der Waals surface area contributed by atoms with Crippen molar-refractivity contribution in [2.45, 2.75) is 39.3 Å². The minimum absolute atomic E-state index is 0.0305. The summed E-state index contributed by atoms with van der Waals surface area (Å²) >= 11 is 0. The summed E-state index contributed by atoms with van der Waals surface area (Å²) in [6.07, 6.45) is 1.58. The van der Waals surface area contributed by atoms with Gasteiger partial charge in [0.15, 0.2) is 0 Å². The largest absolute Gasteiger partial charge is 0.383 e. The Labute approximate surface area is 159 Å². The van der Waals surface area contributed by atoms with Gasteiger partial charge in [0, 0.05) is 36.4 Å². The van der Waals surface area contributed by atoms with Crippen molar-refractivity contribution in [3.63, 3.8) is 0 Å². The summed E-state index contributed by atoms with van der Waals surface area (Å²) in [5.74, 6) is -0.0336. The van der Waals surface area contributed by atoms with Gasteiger partial charge in [0.2, 0.25) is 5.91 Å². The number of hydrogen-bond donors (Lipinski definition) is 2. The molecule has 1 aliphatic heterocycles. The van der Waals surface area contributed by atoms with E-state index < -0.39 is 6.10 Å². The van der Waals surface area contributed by atoms with E-state index in [0.717, 1.165) is 24.0 Å². The number of rotatable bonds is 4. The third-order valence-corrected chi connectivity index (χ3v) is 5.11. The third kappa shape index (κ3) is 4.04. The van der Waals surface area contributed by atoms with Gasteiger partial charge in [-0.15, -0.1) is 0 Å². The minimum atomic E-state index is -0.990. The summed E-state index contributed by atoms with van der Waals surface area (Å²) in [6, 6.07) is 9.79. The van der Waals surface area contributed by atoms with Crippen molar-refractivity contribution in [3.05, 3.63) is 36.0 Å². The zero-order valence-electron chi connectivity index (χ0n) is 16.0. The van der Waals surface area contributed by atoms with E-state index in [1.165, 1.54) is 0 Å². The molecule has 27 heavy (non-hydrogen) atoms. The molecule has 3 rings (SSSR count). The zero-order chi connectivity index (χ0) is 19.6. The highest BCUT2D eigenvalue weighted by atomic mass is 16.3. The highest BCUT2D eigenvalue weighted by molar-refractivity contribution is 5.95. The summed E-state index contributed by atoms with van der Waals surface area (Å²) in [5, 5.41) is 23.3. The number of nitrogens with zero attached hydrogens (tertiary/aromatic N) is 3. The normalized spacial score (nSPS) is 21.1. The Hall–Kier alpha value is -2.65. The van der Waals surface area contributed by atoms with Crippen LogP contribution in [0, 0.1) is 23.2 Å². The molecule has 1 aromatic heterocycles. The number of hydrogen-bond acceptors (Lipinski definition) is 5. The number of carbonyl (C=O) groups excluding carboxylic acids is 1. The van der Waals surface area contributed by atoms with Gasteiger partial charge in [-0.25, -0.2) is 0 Å². The number of aliphatic hydroxyl groups is 1. The fourth-order valence-corrected chi connectivity index (χ4v) is 3.77. The lowest BCUT2D eigenvalue weighted by atomic mass is 9.94. The molecule has 0 radical (unpaired) electrons. The number of piperidine rings is 1. The van der Waals surface area contributed by atoms with Crippen LogP contribution in [0.25, 0.3) is 10.9 Å². The summed E-state index contributed by atoms with van der Waals surface area (Å²) < 4.78 is 0. The molecule has 142 valence electrons. The van der Waals surface area contributed by atoms with E-state index in [1.54, 1.807) is 12.3 Å². The maximum Gasteiger partial charge on any atom is 0.249 e. The first-order chi connectivity index (χ1) is 12.9. The average Bonchev–Trinajstić information content (AvgIpc) is 2.65. The first kappa shape index (κ1) is 19.1. The lowest BCUT2D eigenvalue weighted by molar-refractivity contribution is -0.132. The molecule has 2 N–H and O–H groups in total. The van der Waals surface area contributed by atoms with Gasteiger partial charge in [-0.3, -0.25) is 9.78 Å². The van der Waals surface area contributed by atoms with Crippen LogP contribution < -0.4 is 10.2 Å². The molecule has 0 unspecified atom stereocenters. The number of nitrogens with one attached hydrogen (secondary N) is 1. The number of amides is 1. The van der Waals surface area contributed by atoms with E-state index >= 15 is 0 Å². The molecule has 6 nitrogen and oxygen atoms in total. The molecule has 1 aliphatic rings. The van der Waals surface area contributed by atoms with Crippen LogP contribution in [-0.2, 0) is 4.79 Å². The molecule has 1 aromatic carbocycles. The predicted octanol–water partition coefficient (Wildman–Crippen LogP) is 2.45. The van der Waals surface area contributed by atoms with Crippen LogP contribution in [-0.4, -0.2) is 41.2 Å². The van der Waals surface area contributed by atoms with E-state index in [-0.39, 0.29) is 17.9 Å². The second-order valence-electron chi connectivity index (χ2n) is 7.78. The molecule has 6 heteroatoms. The second-order valence-corrected chi connectivity index (χ2v) is 7.78. The smallest absolute Gasteiger partial charge is 0.249 e. The van der Waals surface area contributed by atoms with E-state index in [1.807, 2.05) is 32.0 Å². The third-order valence-electron chi connectivity index (χ3n) is 5.11. The highest BCUT2D eigenvalue weighted by Gasteiger charge is 2.29. The Morgan fingerprint density at radius 3 is 2.85 bits per heavy atom. The molecule has 0 aliphatic carbocycles. The SMILES string of the molecule is CC(C)[C@H](O)C(=O)N[C@@H]1C[C@H](C)CN(c2ccc(C#N)c3ncccc23)C1. The summed E-state index contributed by atoms with van der Waals surface area (Å²) in [5.41, 5.74) is 2.28. The number of pyridine rings is 1. The number of aromatic nitrogens is 1. The van der Waals surface area contributed by atoms with E-state index in [2.05, 4.69) is 28.2 Å².